The lowest BCUT2D eigenvalue weighted by atomic mass is 10.1. The summed E-state index contributed by atoms with van der Waals surface area (Å²) < 4.78 is 0. The summed E-state index contributed by atoms with van der Waals surface area (Å²) in [5.41, 5.74) is 2.78. The highest BCUT2D eigenvalue weighted by Gasteiger charge is 2.05. The maximum Gasteiger partial charge on any atom is 0.159 e. The number of Topliss-reactive ketones (excluding diaryl/α,β-unsaturated/α-hetero) is 1. The Balaban J connectivity index is 1.67. The van der Waals surface area contributed by atoms with E-state index in [1.165, 1.54) is 5.56 Å². The van der Waals surface area contributed by atoms with Crippen LogP contribution in [0.2, 0.25) is 0 Å². The molecule has 0 bridgehead atoms. The van der Waals surface area contributed by atoms with Crippen LogP contribution in [0.5, 0.6) is 0 Å². The minimum atomic E-state index is 0.0378. The summed E-state index contributed by atoms with van der Waals surface area (Å²) in [6.45, 7) is 4.21. The van der Waals surface area contributed by atoms with Gasteiger partial charge in [0, 0.05) is 23.9 Å². The van der Waals surface area contributed by atoms with E-state index in [-0.39, 0.29) is 5.78 Å². The summed E-state index contributed by atoms with van der Waals surface area (Å²) in [5, 5.41) is 6.59. The summed E-state index contributed by atoms with van der Waals surface area (Å²) >= 11 is 0. The Kier molecular flexibility index (Phi) is 5.59. The average Bonchev–Trinajstić information content (AvgIpc) is 2.62. The third-order valence-electron chi connectivity index (χ3n) is 3.94. The number of benzene rings is 2. The van der Waals surface area contributed by atoms with E-state index in [1.807, 2.05) is 49.4 Å². The number of nitrogens with zero attached hydrogens (tertiary/aromatic N) is 2. The Bertz CT molecular complexity index is 894. The van der Waals surface area contributed by atoms with Crippen molar-refractivity contribution in [2.75, 3.05) is 17.2 Å². The molecule has 26 heavy (non-hydrogen) atoms. The normalized spacial score (nSPS) is 10.4. The predicted octanol–water partition coefficient (Wildman–Crippen LogP) is 4.39. The van der Waals surface area contributed by atoms with E-state index in [2.05, 4.69) is 32.7 Å². The number of nitrogens with one attached hydrogen (secondary N) is 2. The highest BCUT2D eigenvalue weighted by molar-refractivity contribution is 5.95. The number of ketones is 1. The number of hydrogen-bond donors (Lipinski definition) is 2. The van der Waals surface area contributed by atoms with E-state index in [9.17, 15) is 4.79 Å². The van der Waals surface area contributed by atoms with Crippen molar-refractivity contribution in [3.05, 3.63) is 77.6 Å². The Hall–Kier alpha value is -3.21. The van der Waals surface area contributed by atoms with Gasteiger partial charge in [-0.2, -0.15) is 0 Å². The van der Waals surface area contributed by atoms with Crippen molar-refractivity contribution in [1.29, 1.82) is 0 Å². The molecule has 3 rings (SSSR count). The van der Waals surface area contributed by atoms with E-state index in [4.69, 9.17) is 0 Å². The second-order valence-electron chi connectivity index (χ2n) is 6.11. The predicted molar refractivity (Wildman–Crippen MR) is 105 cm³/mol. The molecule has 5 heteroatoms. The van der Waals surface area contributed by atoms with Gasteiger partial charge in [0.2, 0.25) is 0 Å². The van der Waals surface area contributed by atoms with Crippen LogP contribution in [-0.2, 0) is 6.42 Å². The SMILES string of the molecule is CC(=O)c1cccc(Nc2cc(NCCc3ccccc3)nc(C)n2)c1. The third-order valence-corrected chi connectivity index (χ3v) is 3.94. The molecule has 0 atom stereocenters. The zero-order valence-corrected chi connectivity index (χ0v) is 15.0. The van der Waals surface area contributed by atoms with Crippen LogP contribution >= 0.6 is 0 Å². The van der Waals surface area contributed by atoms with Gasteiger partial charge >= 0.3 is 0 Å². The van der Waals surface area contributed by atoms with E-state index in [1.54, 1.807) is 13.0 Å². The summed E-state index contributed by atoms with van der Waals surface area (Å²) in [4.78, 5) is 20.4. The van der Waals surface area contributed by atoms with Crippen LogP contribution in [0.25, 0.3) is 0 Å². The quantitative estimate of drug-likeness (QED) is 0.621. The maximum atomic E-state index is 11.5. The van der Waals surface area contributed by atoms with E-state index in [0.717, 1.165) is 24.5 Å². The number of hydrogen-bond acceptors (Lipinski definition) is 5. The number of aromatic nitrogens is 2. The molecule has 2 N–H and O–H groups in total. The van der Waals surface area contributed by atoms with Crippen molar-refractivity contribution in [2.24, 2.45) is 0 Å². The molecule has 0 fully saturated rings. The first kappa shape index (κ1) is 17.6. The second kappa shape index (κ2) is 8.25. The second-order valence-corrected chi connectivity index (χ2v) is 6.11. The number of rotatable bonds is 7. The van der Waals surface area contributed by atoms with Gasteiger partial charge in [-0.25, -0.2) is 9.97 Å². The van der Waals surface area contributed by atoms with Crippen molar-refractivity contribution >= 4 is 23.1 Å². The standard InChI is InChI=1S/C21H22N4O/c1-15(26)18-9-6-10-19(13-18)25-21-14-20(23-16(2)24-21)22-12-11-17-7-4-3-5-8-17/h3-10,13-14H,11-12H2,1-2H3,(H2,22,23,24,25). The number of aryl methyl sites for hydroxylation is 1. The topological polar surface area (TPSA) is 66.9 Å². The fraction of sp³-hybridized carbons (Fsp3) is 0.190. The zero-order chi connectivity index (χ0) is 18.4. The first-order valence-corrected chi connectivity index (χ1v) is 8.62. The van der Waals surface area contributed by atoms with Crippen LogP contribution in [0, 0.1) is 6.92 Å². The lowest BCUT2D eigenvalue weighted by molar-refractivity contribution is 0.101. The summed E-state index contributed by atoms with van der Waals surface area (Å²) in [6.07, 6.45) is 0.924. The minimum Gasteiger partial charge on any atom is -0.370 e. The Morgan fingerprint density at radius 1 is 0.962 bits per heavy atom. The molecule has 5 nitrogen and oxygen atoms in total. The minimum absolute atomic E-state index is 0.0378. The van der Waals surface area contributed by atoms with Gasteiger partial charge in [-0.05, 0) is 38.0 Å². The first-order valence-electron chi connectivity index (χ1n) is 8.62. The van der Waals surface area contributed by atoms with Crippen molar-refractivity contribution in [3.8, 4) is 0 Å². The molecule has 2 aromatic carbocycles. The molecule has 0 saturated carbocycles. The van der Waals surface area contributed by atoms with Gasteiger partial charge in [0.05, 0.1) is 0 Å². The van der Waals surface area contributed by atoms with Crippen LogP contribution in [0.1, 0.15) is 28.7 Å². The van der Waals surface area contributed by atoms with E-state index >= 15 is 0 Å². The number of carbonyl (C=O) groups excluding carboxylic acids is 1. The summed E-state index contributed by atoms with van der Waals surface area (Å²) in [5.74, 6) is 2.19. The average molecular weight is 346 g/mol. The molecule has 0 radical (unpaired) electrons. The molecule has 0 aliphatic carbocycles. The molecular formula is C21H22N4O. The lowest BCUT2D eigenvalue weighted by Crippen LogP contribution is -2.08. The van der Waals surface area contributed by atoms with E-state index in [0.29, 0.717) is 17.2 Å². The van der Waals surface area contributed by atoms with Crippen LogP contribution in [0.15, 0.2) is 60.7 Å². The van der Waals surface area contributed by atoms with Crippen LogP contribution in [0.4, 0.5) is 17.3 Å². The lowest BCUT2D eigenvalue weighted by Gasteiger charge is -2.11. The molecule has 0 spiro atoms. The fourth-order valence-corrected chi connectivity index (χ4v) is 2.67. The van der Waals surface area contributed by atoms with Gasteiger partial charge in [0.1, 0.15) is 17.5 Å². The molecule has 0 amide bonds. The van der Waals surface area contributed by atoms with Gasteiger partial charge in [-0.15, -0.1) is 0 Å². The van der Waals surface area contributed by atoms with Gasteiger partial charge in [-0.3, -0.25) is 4.79 Å². The molecule has 132 valence electrons. The molecule has 0 aliphatic rings. The smallest absolute Gasteiger partial charge is 0.159 e. The van der Waals surface area contributed by atoms with E-state index < -0.39 is 0 Å². The monoisotopic (exact) mass is 346 g/mol. The maximum absolute atomic E-state index is 11.5. The number of carbonyl (C=O) groups is 1. The molecule has 1 heterocycles. The largest absolute Gasteiger partial charge is 0.370 e. The van der Waals surface area contributed by atoms with Crippen molar-refractivity contribution in [2.45, 2.75) is 20.3 Å². The van der Waals surface area contributed by atoms with Gasteiger partial charge in [0.15, 0.2) is 5.78 Å². The molecular weight excluding hydrogens is 324 g/mol. The van der Waals surface area contributed by atoms with Gasteiger partial charge < -0.3 is 10.6 Å². The van der Waals surface area contributed by atoms with Crippen molar-refractivity contribution in [3.63, 3.8) is 0 Å². The Labute approximate surface area is 153 Å². The number of anilines is 3. The Morgan fingerprint density at radius 3 is 2.50 bits per heavy atom. The summed E-state index contributed by atoms with van der Waals surface area (Å²) in [6, 6.07) is 19.6. The van der Waals surface area contributed by atoms with Gasteiger partial charge in [0.25, 0.3) is 0 Å². The van der Waals surface area contributed by atoms with Crippen molar-refractivity contribution in [1.82, 2.24) is 9.97 Å². The first-order chi connectivity index (χ1) is 12.6. The zero-order valence-electron chi connectivity index (χ0n) is 15.0. The molecule has 1 aromatic heterocycles. The highest BCUT2D eigenvalue weighted by Crippen LogP contribution is 2.19. The van der Waals surface area contributed by atoms with Crippen LogP contribution < -0.4 is 10.6 Å². The van der Waals surface area contributed by atoms with Crippen molar-refractivity contribution < 1.29 is 4.79 Å². The fourth-order valence-electron chi connectivity index (χ4n) is 2.67. The molecule has 3 aromatic rings. The molecule has 0 aliphatic heterocycles. The van der Waals surface area contributed by atoms with Crippen LogP contribution in [0.3, 0.4) is 0 Å². The Morgan fingerprint density at radius 2 is 1.73 bits per heavy atom. The molecule has 0 saturated heterocycles. The summed E-state index contributed by atoms with van der Waals surface area (Å²) in [7, 11) is 0. The highest BCUT2D eigenvalue weighted by atomic mass is 16.1. The van der Waals surface area contributed by atoms with Crippen LogP contribution in [-0.4, -0.2) is 22.3 Å². The van der Waals surface area contributed by atoms with Gasteiger partial charge in [-0.1, -0.05) is 42.5 Å². The molecule has 0 unspecified atom stereocenters. The third kappa shape index (κ3) is 4.89.